The van der Waals surface area contributed by atoms with E-state index in [-0.39, 0.29) is 17.9 Å². The zero-order valence-electron chi connectivity index (χ0n) is 20.3. The number of hydrogen-bond donors (Lipinski definition) is 2. The van der Waals surface area contributed by atoms with Crippen molar-refractivity contribution < 1.29 is 13.6 Å². The van der Waals surface area contributed by atoms with Gasteiger partial charge in [0.05, 0.1) is 12.2 Å². The molecule has 9 heteroatoms. The second-order valence-electron chi connectivity index (χ2n) is 9.73. The normalized spacial score (nSPS) is 18.4. The molecule has 1 saturated heterocycles. The number of aromatic amines is 1. The third kappa shape index (κ3) is 4.46. The van der Waals surface area contributed by atoms with E-state index in [1.54, 1.807) is 6.07 Å². The lowest BCUT2D eigenvalue weighted by atomic mass is 10.0. The lowest BCUT2D eigenvalue weighted by Crippen LogP contribution is -2.52. The molecule has 6 rings (SSSR count). The predicted molar refractivity (Wildman–Crippen MR) is 134 cm³/mol. The molecule has 0 aliphatic carbocycles. The van der Waals surface area contributed by atoms with Crippen molar-refractivity contribution >= 4 is 17.1 Å². The fourth-order valence-corrected chi connectivity index (χ4v) is 5.34. The van der Waals surface area contributed by atoms with Gasteiger partial charge in [-0.15, -0.1) is 0 Å². The summed E-state index contributed by atoms with van der Waals surface area (Å²) in [5, 5.41) is 11.0. The van der Waals surface area contributed by atoms with Gasteiger partial charge < -0.3 is 14.6 Å². The van der Waals surface area contributed by atoms with Crippen molar-refractivity contribution in [3.05, 3.63) is 71.0 Å². The van der Waals surface area contributed by atoms with Crippen LogP contribution < -0.4 is 5.32 Å². The number of nitrogens with one attached hydrogen (secondary N) is 2. The third-order valence-corrected chi connectivity index (χ3v) is 7.17. The smallest absolute Gasteiger partial charge is 0.317 e. The van der Waals surface area contributed by atoms with Crippen LogP contribution in [-0.4, -0.2) is 56.7 Å². The fourth-order valence-electron chi connectivity index (χ4n) is 5.34. The molecule has 0 bridgehead atoms. The maximum absolute atomic E-state index is 14.1. The van der Waals surface area contributed by atoms with Crippen LogP contribution in [0.5, 0.6) is 0 Å². The fraction of sp³-hybridized carbons (Fsp3) is 0.370. The number of aromatic nitrogens is 3. The number of fused-ring (bicyclic) bond motifs is 2. The van der Waals surface area contributed by atoms with Gasteiger partial charge in [0.15, 0.2) is 11.5 Å². The van der Waals surface area contributed by atoms with Crippen molar-refractivity contribution in [1.29, 1.82) is 0 Å². The number of likely N-dealkylation sites (tertiary alicyclic amines) is 1. The SMILES string of the molecule is Cc1nc2ccc(-c3n[nH]c4c3CN(C(=O)NC3CCCN(Cc5ccccc5F)C3)CC4)cc2o1. The molecular formula is C27H29FN6O2. The Balaban J connectivity index is 1.12. The lowest BCUT2D eigenvalue weighted by Gasteiger charge is -2.35. The zero-order chi connectivity index (χ0) is 24.6. The number of nitrogens with zero attached hydrogens (tertiary/aromatic N) is 4. The molecule has 0 spiro atoms. The predicted octanol–water partition coefficient (Wildman–Crippen LogP) is 4.40. The summed E-state index contributed by atoms with van der Waals surface area (Å²) in [6, 6.07) is 12.8. The van der Waals surface area contributed by atoms with Crippen molar-refractivity contribution in [3.63, 3.8) is 0 Å². The van der Waals surface area contributed by atoms with Gasteiger partial charge in [-0.05, 0) is 37.6 Å². The van der Waals surface area contributed by atoms with Crippen LogP contribution in [0.1, 0.15) is 35.6 Å². The van der Waals surface area contributed by atoms with E-state index in [4.69, 9.17) is 4.42 Å². The number of oxazole rings is 1. The number of amides is 2. The molecule has 8 nitrogen and oxygen atoms in total. The van der Waals surface area contributed by atoms with Crippen LogP contribution in [0, 0.1) is 12.7 Å². The lowest BCUT2D eigenvalue weighted by molar-refractivity contribution is 0.159. The number of carbonyl (C=O) groups is 1. The topological polar surface area (TPSA) is 90.3 Å². The monoisotopic (exact) mass is 488 g/mol. The van der Waals surface area contributed by atoms with E-state index >= 15 is 0 Å². The number of aryl methyl sites for hydroxylation is 1. The van der Waals surface area contributed by atoms with Gasteiger partial charge >= 0.3 is 6.03 Å². The second-order valence-corrected chi connectivity index (χ2v) is 9.73. The minimum absolute atomic E-state index is 0.0420. The Labute approximate surface area is 208 Å². The number of carbonyl (C=O) groups excluding carboxylic acids is 1. The van der Waals surface area contributed by atoms with Crippen LogP contribution in [0.4, 0.5) is 9.18 Å². The molecule has 2 aliphatic rings. The maximum atomic E-state index is 14.1. The highest BCUT2D eigenvalue weighted by molar-refractivity contribution is 5.81. The van der Waals surface area contributed by atoms with Crippen LogP contribution in [0.25, 0.3) is 22.4 Å². The van der Waals surface area contributed by atoms with Crippen LogP contribution in [-0.2, 0) is 19.5 Å². The third-order valence-electron chi connectivity index (χ3n) is 7.17. The molecule has 2 aromatic carbocycles. The molecule has 4 heterocycles. The first-order chi connectivity index (χ1) is 17.5. The van der Waals surface area contributed by atoms with Gasteiger partial charge in [0.1, 0.15) is 11.3 Å². The highest BCUT2D eigenvalue weighted by atomic mass is 19.1. The van der Waals surface area contributed by atoms with E-state index in [1.165, 1.54) is 6.07 Å². The molecule has 1 fully saturated rings. The number of H-pyrrole nitrogens is 1. The van der Waals surface area contributed by atoms with E-state index < -0.39 is 0 Å². The Hall–Kier alpha value is -3.72. The number of rotatable bonds is 4. The molecule has 0 radical (unpaired) electrons. The Morgan fingerprint density at radius 2 is 2.14 bits per heavy atom. The summed E-state index contributed by atoms with van der Waals surface area (Å²) in [6.45, 7) is 5.13. The number of piperidine rings is 1. The van der Waals surface area contributed by atoms with Gasteiger partial charge in [-0.1, -0.05) is 24.3 Å². The van der Waals surface area contributed by atoms with Crippen LogP contribution in [0.3, 0.4) is 0 Å². The molecule has 4 aromatic rings. The van der Waals surface area contributed by atoms with E-state index in [9.17, 15) is 9.18 Å². The molecule has 2 aliphatic heterocycles. The van der Waals surface area contributed by atoms with Crippen molar-refractivity contribution in [2.45, 2.75) is 45.3 Å². The summed E-state index contributed by atoms with van der Waals surface area (Å²) in [4.78, 5) is 21.7. The van der Waals surface area contributed by atoms with Gasteiger partial charge in [0, 0.05) is 61.4 Å². The summed E-state index contributed by atoms with van der Waals surface area (Å²) in [6.07, 6.45) is 2.62. The van der Waals surface area contributed by atoms with Crippen molar-refractivity contribution in [1.82, 2.24) is 30.3 Å². The first-order valence-electron chi connectivity index (χ1n) is 12.5. The number of halogens is 1. The first-order valence-corrected chi connectivity index (χ1v) is 12.5. The van der Waals surface area contributed by atoms with E-state index in [1.807, 2.05) is 42.2 Å². The molecule has 0 saturated carbocycles. The first kappa shape index (κ1) is 22.7. The van der Waals surface area contributed by atoms with Crippen molar-refractivity contribution in [3.8, 4) is 11.3 Å². The van der Waals surface area contributed by atoms with Crippen LogP contribution >= 0.6 is 0 Å². The zero-order valence-corrected chi connectivity index (χ0v) is 20.3. The molecule has 36 heavy (non-hydrogen) atoms. The Morgan fingerprint density at radius 1 is 1.25 bits per heavy atom. The molecule has 186 valence electrons. The Bertz CT molecular complexity index is 1410. The summed E-state index contributed by atoms with van der Waals surface area (Å²) in [5.41, 5.74) is 6.12. The second kappa shape index (κ2) is 9.39. The number of urea groups is 1. The quantitative estimate of drug-likeness (QED) is 0.445. The van der Waals surface area contributed by atoms with Gasteiger partial charge in [0.25, 0.3) is 0 Å². The summed E-state index contributed by atoms with van der Waals surface area (Å²) >= 11 is 0. The highest BCUT2D eigenvalue weighted by Gasteiger charge is 2.29. The van der Waals surface area contributed by atoms with Gasteiger partial charge in [-0.2, -0.15) is 5.10 Å². The number of benzene rings is 2. The van der Waals surface area contributed by atoms with Crippen LogP contribution in [0.15, 0.2) is 46.9 Å². The molecule has 1 atom stereocenters. The van der Waals surface area contributed by atoms with Crippen molar-refractivity contribution in [2.24, 2.45) is 0 Å². The minimum Gasteiger partial charge on any atom is -0.441 e. The summed E-state index contributed by atoms with van der Waals surface area (Å²) in [5.74, 6) is 0.450. The highest BCUT2D eigenvalue weighted by Crippen LogP contribution is 2.31. The Kier molecular flexibility index (Phi) is 5.92. The average Bonchev–Trinajstić information content (AvgIpc) is 3.47. The molecule has 2 aromatic heterocycles. The minimum atomic E-state index is -0.179. The number of hydrogen-bond acceptors (Lipinski definition) is 5. The van der Waals surface area contributed by atoms with E-state index in [0.29, 0.717) is 37.6 Å². The van der Waals surface area contributed by atoms with E-state index in [2.05, 4.69) is 25.4 Å². The van der Waals surface area contributed by atoms with Crippen molar-refractivity contribution in [2.75, 3.05) is 19.6 Å². The molecule has 1 unspecified atom stereocenters. The summed E-state index contributed by atoms with van der Waals surface area (Å²) < 4.78 is 19.8. The van der Waals surface area contributed by atoms with E-state index in [0.717, 1.165) is 59.4 Å². The molecule has 2 N–H and O–H groups in total. The van der Waals surface area contributed by atoms with Crippen LogP contribution in [0.2, 0.25) is 0 Å². The average molecular weight is 489 g/mol. The van der Waals surface area contributed by atoms with Gasteiger partial charge in [-0.3, -0.25) is 10.00 Å². The Morgan fingerprint density at radius 3 is 3.03 bits per heavy atom. The van der Waals surface area contributed by atoms with Gasteiger partial charge in [-0.25, -0.2) is 14.2 Å². The largest absolute Gasteiger partial charge is 0.441 e. The molecular weight excluding hydrogens is 459 g/mol. The standard InChI is InChI=1S/C27H29FN6O2/c1-17-29-24-9-8-18(13-25(24)36-17)26-21-16-34(12-10-23(21)31-32-26)27(35)30-20-6-4-11-33(15-20)14-19-5-2-3-7-22(19)28/h2-3,5,7-9,13,20H,4,6,10-12,14-16H2,1H3,(H,30,35)(H,31,32). The summed E-state index contributed by atoms with van der Waals surface area (Å²) in [7, 11) is 0. The van der Waals surface area contributed by atoms with Gasteiger partial charge in [0.2, 0.25) is 0 Å². The maximum Gasteiger partial charge on any atom is 0.317 e. The molecule has 2 amide bonds.